The predicted molar refractivity (Wildman–Crippen MR) is 103 cm³/mol. The summed E-state index contributed by atoms with van der Waals surface area (Å²) < 4.78 is 7.75. The van der Waals surface area contributed by atoms with Crippen molar-refractivity contribution >= 4 is 11.6 Å². The lowest BCUT2D eigenvalue weighted by Gasteiger charge is -2.30. The number of aromatic nitrogens is 2. The zero-order chi connectivity index (χ0) is 19.6. The number of primary amides is 1. The fraction of sp³-hybridized carbons (Fsp3) is 0.450. The molecule has 0 bridgehead atoms. The first-order valence-electron chi connectivity index (χ1n) is 9.21. The van der Waals surface area contributed by atoms with Crippen molar-refractivity contribution < 1.29 is 14.7 Å². The molecule has 27 heavy (non-hydrogen) atoms. The summed E-state index contributed by atoms with van der Waals surface area (Å²) in [5.41, 5.74) is 8.95. The second kappa shape index (κ2) is 7.42. The maximum atomic E-state index is 11.6. The summed E-state index contributed by atoms with van der Waals surface area (Å²) in [5, 5.41) is 17.4. The van der Waals surface area contributed by atoms with Crippen LogP contribution in [0.3, 0.4) is 0 Å². The number of benzene rings is 1. The van der Waals surface area contributed by atoms with Crippen molar-refractivity contribution in [1.29, 1.82) is 0 Å². The molecule has 0 atom stereocenters. The number of nitrogens with two attached hydrogens (primary N) is 1. The highest BCUT2D eigenvalue weighted by molar-refractivity contribution is 6.02. The zero-order valence-corrected chi connectivity index (χ0v) is 16.0. The first kappa shape index (κ1) is 18.9. The van der Waals surface area contributed by atoms with E-state index < -0.39 is 5.91 Å². The molecule has 0 saturated carbocycles. The summed E-state index contributed by atoms with van der Waals surface area (Å²) in [6.07, 6.45) is 5.10. The van der Waals surface area contributed by atoms with Crippen LogP contribution in [0, 0.1) is 5.41 Å². The molecule has 0 spiro atoms. The number of amides is 1. The average molecular weight is 370 g/mol. The van der Waals surface area contributed by atoms with Crippen LogP contribution in [0.15, 0.2) is 29.6 Å². The number of carbonyl (C=O) groups excluding carboxylic acids is 1. The minimum absolute atomic E-state index is 0.0528. The highest BCUT2D eigenvalue weighted by Gasteiger charge is 2.33. The summed E-state index contributed by atoms with van der Waals surface area (Å²) in [7, 11) is 0. The Bertz CT molecular complexity index is 883. The van der Waals surface area contributed by atoms with E-state index >= 15 is 0 Å². The molecule has 1 aliphatic rings. The lowest BCUT2D eigenvalue weighted by atomic mass is 9.76. The van der Waals surface area contributed by atoms with Crippen LogP contribution in [0.1, 0.15) is 61.6 Å². The number of oxime groups is 1. The summed E-state index contributed by atoms with van der Waals surface area (Å²) in [6, 6.07) is 5.13. The van der Waals surface area contributed by atoms with Crippen LogP contribution in [-0.2, 0) is 6.42 Å². The molecular formula is C20H26N4O3. The number of carbonyl (C=O) groups is 1. The average Bonchev–Trinajstić information content (AvgIpc) is 3.03. The number of hydrogen-bond donors (Lipinski definition) is 2. The molecule has 0 saturated heterocycles. The van der Waals surface area contributed by atoms with Gasteiger partial charge in [0.2, 0.25) is 5.91 Å². The van der Waals surface area contributed by atoms with Crippen molar-refractivity contribution in [2.45, 2.75) is 46.5 Å². The molecule has 2 aromatic rings. The third-order valence-corrected chi connectivity index (χ3v) is 4.82. The number of rotatable bonds is 6. The van der Waals surface area contributed by atoms with Gasteiger partial charge in [0.25, 0.3) is 0 Å². The van der Waals surface area contributed by atoms with Crippen molar-refractivity contribution in [3.05, 3.63) is 41.2 Å². The second-order valence-corrected chi connectivity index (χ2v) is 7.73. The van der Waals surface area contributed by atoms with E-state index in [1.807, 2.05) is 4.68 Å². The molecule has 1 aromatic heterocycles. The van der Waals surface area contributed by atoms with E-state index in [1.165, 1.54) is 0 Å². The SMILES string of the molecule is CCCCOc1cc(C(N)=O)ccc1-n1ncc2c1CC(C)(C)C/C2=N/O. The van der Waals surface area contributed by atoms with E-state index in [4.69, 9.17) is 10.5 Å². The lowest BCUT2D eigenvalue weighted by Crippen LogP contribution is -2.28. The van der Waals surface area contributed by atoms with Gasteiger partial charge >= 0.3 is 0 Å². The number of fused-ring (bicyclic) bond motifs is 1. The molecular weight excluding hydrogens is 344 g/mol. The predicted octanol–water partition coefficient (Wildman–Crippen LogP) is 3.30. The van der Waals surface area contributed by atoms with E-state index in [1.54, 1.807) is 24.4 Å². The zero-order valence-electron chi connectivity index (χ0n) is 16.0. The van der Waals surface area contributed by atoms with Crippen LogP contribution in [0.25, 0.3) is 5.69 Å². The van der Waals surface area contributed by atoms with Crippen molar-refractivity contribution in [2.24, 2.45) is 16.3 Å². The van der Waals surface area contributed by atoms with Gasteiger partial charge in [0, 0.05) is 11.1 Å². The smallest absolute Gasteiger partial charge is 0.248 e. The Labute approximate surface area is 158 Å². The molecule has 1 amide bonds. The summed E-state index contributed by atoms with van der Waals surface area (Å²) >= 11 is 0. The topological polar surface area (TPSA) is 103 Å². The third-order valence-electron chi connectivity index (χ3n) is 4.82. The van der Waals surface area contributed by atoms with Gasteiger partial charge in [-0.05, 0) is 42.9 Å². The minimum atomic E-state index is -0.500. The number of nitrogens with zero attached hydrogens (tertiary/aromatic N) is 3. The maximum Gasteiger partial charge on any atom is 0.248 e. The van der Waals surface area contributed by atoms with Crippen molar-refractivity contribution in [2.75, 3.05) is 6.61 Å². The molecule has 1 aliphatic carbocycles. The van der Waals surface area contributed by atoms with Gasteiger partial charge in [0.1, 0.15) is 11.4 Å². The first-order valence-corrected chi connectivity index (χ1v) is 9.21. The van der Waals surface area contributed by atoms with Gasteiger partial charge in [-0.3, -0.25) is 4.79 Å². The molecule has 7 heteroatoms. The van der Waals surface area contributed by atoms with E-state index in [9.17, 15) is 10.0 Å². The Balaban J connectivity index is 2.09. The normalized spacial score (nSPS) is 16.9. The fourth-order valence-electron chi connectivity index (χ4n) is 3.43. The van der Waals surface area contributed by atoms with Gasteiger partial charge in [-0.25, -0.2) is 4.68 Å². The molecule has 0 radical (unpaired) electrons. The fourth-order valence-corrected chi connectivity index (χ4v) is 3.43. The Morgan fingerprint density at radius 1 is 1.41 bits per heavy atom. The Morgan fingerprint density at radius 2 is 2.19 bits per heavy atom. The van der Waals surface area contributed by atoms with E-state index in [0.29, 0.717) is 30.1 Å². The summed E-state index contributed by atoms with van der Waals surface area (Å²) in [6.45, 7) is 6.90. The number of unbranched alkanes of at least 4 members (excludes halogenated alkanes) is 1. The molecule has 0 fully saturated rings. The van der Waals surface area contributed by atoms with Gasteiger partial charge < -0.3 is 15.7 Å². The number of hydrogen-bond acceptors (Lipinski definition) is 5. The van der Waals surface area contributed by atoms with E-state index in [2.05, 4.69) is 31.0 Å². The Kier molecular flexibility index (Phi) is 5.21. The molecule has 1 aromatic carbocycles. The maximum absolute atomic E-state index is 11.6. The third kappa shape index (κ3) is 3.82. The monoisotopic (exact) mass is 370 g/mol. The Morgan fingerprint density at radius 3 is 2.85 bits per heavy atom. The van der Waals surface area contributed by atoms with Crippen molar-refractivity contribution in [3.8, 4) is 11.4 Å². The van der Waals surface area contributed by atoms with Crippen LogP contribution in [-0.4, -0.2) is 33.2 Å². The minimum Gasteiger partial charge on any atom is -0.491 e. The van der Waals surface area contributed by atoms with E-state index in [0.717, 1.165) is 36.2 Å². The van der Waals surface area contributed by atoms with Crippen LogP contribution in [0.2, 0.25) is 0 Å². The Hall–Kier alpha value is -2.83. The molecule has 3 N–H and O–H groups in total. The first-order chi connectivity index (χ1) is 12.9. The highest BCUT2D eigenvalue weighted by Crippen LogP contribution is 2.37. The van der Waals surface area contributed by atoms with Gasteiger partial charge in [-0.15, -0.1) is 0 Å². The van der Waals surface area contributed by atoms with Gasteiger partial charge in [-0.2, -0.15) is 5.10 Å². The molecule has 1 heterocycles. The van der Waals surface area contributed by atoms with Crippen LogP contribution in [0.5, 0.6) is 5.75 Å². The summed E-state index contributed by atoms with van der Waals surface area (Å²) in [4.78, 5) is 11.6. The molecule has 0 aliphatic heterocycles. The summed E-state index contributed by atoms with van der Waals surface area (Å²) in [5.74, 6) is 0.0664. The van der Waals surface area contributed by atoms with Crippen molar-refractivity contribution in [3.63, 3.8) is 0 Å². The van der Waals surface area contributed by atoms with Gasteiger partial charge in [0.05, 0.1) is 24.2 Å². The van der Waals surface area contributed by atoms with Crippen molar-refractivity contribution in [1.82, 2.24) is 9.78 Å². The lowest BCUT2D eigenvalue weighted by molar-refractivity contribution is 0.1000. The number of ether oxygens (including phenoxy) is 1. The highest BCUT2D eigenvalue weighted by atomic mass is 16.5. The van der Waals surface area contributed by atoms with Gasteiger partial charge in [-0.1, -0.05) is 32.3 Å². The van der Waals surface area contributed by atoms with Crippen LogP contribution in [0.4, 0.5) is 0 Å². The molecule has 3 rings (SSSR count). The quantitative estimate of drug-likeness (QED) is 0.462. The van der Waals surface area contributed by atoms with Gasteiger partial charge in [0.15, 0.2) is 0 Å². The standard InChI is InChI=1S/C20H26N4O3/c1-4-5-8-27-18-9-13(19(21)25)6-7-16(18)24-17-11-20(2,3)10-15(23-26)14(17)12-22-24/h6-7,9,12,26H,4-5,8,10-11H2,1-3H3,(H2,21,25)/b23-15-. The second-order valence-electron chi connectivity index (χ2n) is 7.73. The van der Waals surface area contributed by atoms with Crippen LogP contribution >= 0.6 is 0 Å². The molecule has 144 valence electrons. The largest absolute Gasteiger partial charge is 0.491 e. The van der Waals surface area contributed by atoms with E-state index in [-0.39, 0.29) is 5.41 Å². The van der Waals surface area contributed by atoms with Crippen LogP contribution < -0.4 is 10.5 Å². The molecule has 7 nitrogen and oxygen atoms in total. The molecule has 0 unspecified atom stereocenters.